The number of nitrogens with zero attached hydrogens (tertiary/aromatic N) is 1. The highest BCUT2D eigenvalue weighted by Crippen LogP contribution is 2.46. The third-order valence-corrected chi connectivity index (χ3v) is 7.75. The van der Waals surface area contributed by atoms with E-state index in [1.54, 1.807) is 0 Å². The quantitative estimate of drug-likeness (QED) is 0.302. The maximum Gasteiger partial charge on any atom is 0.136 e. The molecular weight excluding hydrogens is 562 g/mol. The molecule has 2 aliphatic heterocycles. The molecule has 0 saturated carbocycles. The zero-order valence-corrected chi connectivity index (χ0v) is 23.2. The van der Waals surface area contributed by atoms with Crippen molar-refractivity contribution in [1.82, 2.24) is 0 Å². The Morgan fingerprint density at radius 3 is 2.14 bits per heavy atom. The van der Waals surface area contributed by atoms with Gasteiger partial charge in [-0.15, -0.1) is 0 Å². The SMILES string of the molecule is CN1/C(=C/C=C/C2C=C(c3ccc(Br)cc3)C=C(c3ccc(Br)cc3)O2)C(C)(C)c2ccccc21. The average Bonchev–Trinajstić information content (AvgIpc) is 3.05. The van der Waals surface area contributed by atoms with Gasteiger partial charge >= 0.3 is 0 Å². The number of ether oxygens (including phenoxy) is 1. The molecule has 1 atom stereocenters. The van der Waals surface area contributed by atoms with E-state index in [0.717, 1.165) is 31.4 Å². The van der Waals surface area contributed by atoms with E-state index in [4.69, 9.17) is 4.74 Å². The van der Waals surface area contributed by atoms with Gasteiger partial charge in [0.15, 0.2) is 0 Å². The molecule has 2 heterocycles. The lowest BCUT2D eigenvalue weighted by Crippen LogP contribution is -2.22. The zero-order chi connectivity index (χ0) is 24.6. The van der Waals surface area contributed by atoms with Crippen LogP contribution in [0.3, 0.4) is 0 Å². The Morgan fingerprint density at radius 1 is 0.857 bits per heavy atom. The lowest BCUT2D eigenvalue weighted by molar-refractivity contribution is 0.253. The van der Waals surface area contributed by atoms with E-state index < -0.39 is 0 Å². The molecule has 176 valence electrons. The number of benzene rings is 3. The van der Waals surface area contributed by atoms with Gasteiger partial charge < -0.3 is 9.64 Å². The first-order chi connectivity index (χ1) is 16.8. The summed E-state index contributed by atoms with van der Waals surface area (Å²) in [6, 6.07) is 25.3. The predicted octanol–water partition coefficient (Wildman–Crippen LogP) is 8.90. The van der Waals surface area contributed by atoms with Crippen LogP contribution in [0, 0.1) is 0 Å². The van der Waals surface area contributed by atoms with Gasteiger partial charge in [0.1, 0.15) is 11.9 Å². The predicted molar refractivity (Wildman–Crippen MR) is 154 cm³/mol. The molecule has 2 aliphatic rings. The molecule has 3 aromatic carbocycles. The normalized spacial score (nSPS) is 20.0. The first-order valence-corrected chi connectivity index (χ1v) is 13.3. The largest absolute Gasteiger partial charge is 0.482 e. The molecule has 0 fully saturated rings. The van der Waals surface area contributed by atoms with Gasteiger partial charge in [-0.3, -0.25) is 0 Å². The standard InChI is InChI=1S/C31H27Br2NO/c1-31(2)27-8-4-5-9-28(27)34(3)30(31)10-6-7-26-19-23(21-11-15-24(32)16-12-21)20-29(35-26)22-13-17-25(33)18-14-22/h4-20,26H,1-3H3/b7-6+,30-10+. The summed E-state index contributed by atoms with van der Waals surface area (Å²) in [5.41, 5.74) is 7.21. The van der Waals surface area contributed by atoms with Crippen molar-refractivity contribution >= 4 is 48.9 Å². The summed E-state index contributed by atoms with van der Waals surface area (Å²) in [6.45, 7) is 4.57. The topological polar surface area (TPSA) is 12.5 Å². The number of halogens is 2. The minimum Gasteiger partial charge on any atom is -0.482 e. The van der Waals surface area contributed by atoms with Crippen molar-refractivity contribution in [1.29, 1.82) is 0 Å². The summed E-state index contributed by atoms with van der Waals surface area (Å²) >= 11 is 7.07. The minimum atomic E-state index is -0.175. The van der Waals surface area contributed by atoms with Crippen LogP contribution in [-0.4, -0.2) is 13.2 Å². The van der Waals surface area contributed by atoms with Crippen LogP contribution in [0.4, 0.5) is 5.69 Å². The van der Waals surface area contributed by atoms with E-state index in [9.17, 15) is 0 Å². The minimum absolute atomic E-state index is 0.0516. The number of fused-ring (bicyclic) bond motifs is 1. The van der Waals surface area contributed by atoms with Crippen molar-refractivity contribution in [2.75, 3.05) is 11.9 Å². The van der Waals surface area contributed by atoms with Crippen LogP contribution in [0.1, 0.15) is 30.5 Å². The van der Waals surface area contributed by atoms with E-state index in [-0.39, 0.29) is 11.5 Å². The van der Waals surface area contributed by atoms with Crippen molar-refractivity contribution in [3.63, 3.8) is 0 Å². The lowest BCUT2D eigenvalue weighted by atomic mass is 9.84. The number of anilines is 1. The summed E-state index contributed by atoms with van der Waals surface area (Å²) < 4.78 is 8.54. The zero-order valence-electron chi connectivity index (χ0n) is 20.0. The summed E-state index contributed by atoms with van der Waals surface area (Å²) in [7, 11) is 2.14. The molecule has 0 N–H and O–H groups in total. The number of allylic oxidation sites excluding steroid dienone is 5. The van der Waals surface area contributed by atoms with Crippen molar-refractivity contribution in [3.8, 4) is 0 Å². The fourth-order valence-electron chi connectivity index (χ4n) is 4.82. The molecular formula is C31H27Br2NO. The number of para-hydroxylation sites is 1. The summed E-state index contributed by atoms with van der Waals surface area (Å²) in [5.74, 6) is 0.867. The van der Waals surface area contributed by atoms with E-state index in [1.165, 1.54) is 16.9 Å². The first-order valence-electron chi connectivity index (χ1n) is 11.7. The molecule has 0 spiro atoms. The molecule has 0 radical (unpaired) electrons. The fourth-order valence-corrected chi connectivity index (χ4v) is 5.35. The highest BCUT2D eigenvalue weighted by Gasteiger charge is 2.37. The monoisotopic (exact) mass is 587 g/mol. The molecule has 4 heteroatoms. The second-order valence-electron chi connectivity index (χ2n) is 9.36. The third-order valence-electron chi connectivity index (χ3n) is 6.70. The number of rotatable bonds is 4. The van der Waals surface area contributed by atoms with Gasteiger partial charge in [-0.1, -0.05) is 94.2 Å². The molecule has 3 aromatic rings. The summed E-state index contributed by atoms with van der Waals surface area (Å²) in [4.78, 5) is 2.29. The molecule has 0 amide bonds. The third kappa shape index (κ3) is 4.82. The van der Waals surface area contributed by atoms with Gasteiger partial charge in [-0.25, -0.2) is 0 Å². The average molecular weight is 589 g/mol. The van der Waals surface area contributed by atoms with Gasteiger partial charge in [0.2, 0.25) is 0 Å². The van der Waals surface area contributed by atoms with Crippen LogP contribution in [0.5, 0.6) is 0 Å². The van der Waals surface area contributed by atoms with Crippen molar-refractivity contribution in [2.24, 2.45) is 0 Å². The van der Waals surface area contributed by atoms with E-state index in [2.05, 4.69) is 149 Å². The van der Waals surface area contributed by atoms with Crippen LogP contribution in [-0.2, 0) is 10.2 Å². The molecule has 1 unspecified atom stereocenters. The highest BCUT2D eigenvalue weighted by atomic mass is 79.9. The van der Waals surface area contributed by atoms with Crippen LogP contribution >= 0.6 is 31.9 Å². The van der Waals surface area contributed by atoms with Gasteiger partial charge in [0.25, 0.3) is 0 Å². The maximum atomic E-state index is 6.42. The molecule has 0 aliphatic carbocycles. The van der Waals surface area contributed by atoms with Crippen LogP contribution < -0.4 is 4.90 Å². The number of likely N-dealkylation sites (N-methyl/N-ethyl adjacent to an activating group) is 1. The molecule has 0 bridgehead atoms. The molecule has 2 nitrogen and oxygen atoms in total. The Hall–Kier alpha value is -2.82. The van der Waals surface area contributed by atoms with Crippen molar-refractivity contribution < 1.29 is 4.74 Å². The Labute approximate surface area is 224 Å². The Kier molecular flexibility index (Phi) is 6.61. The van der Waals surface area contributed by atoms with Crippen LogP contribution in [0.2, 0.25) is 0 Å². The second kappa shape index (κ2) is 9.67. The summed E-state index contributed by atoms with van der Waals surface area (Å²) in [5, 5.41) is 0. The van der Waals surface area contributed by atoms with Gasteiger partial charge in [0.05, 0.1) is 0 Å². The van der Waals surface area contributed by atoms with E-state index >= 15 is 0 Å². The van der Waals surface area contributed by atoms with Gasteiger partial charge in [0, 0.05) is 38.4 Å². The van der Waals surface area contributed by atoms with Crippen molar-refractivity contribution in [2.45, 2.75) is 25.4 Å². The molecule has 5 rings (SSSR count). The van der Waals surface area contributed by atoms with Gasteiger partial charge in [-0.05, 0) is 71.3 Å². The summed E-state index contributed by atoms with van der Waals surface area (Å²) in [6.07, 6.45) is 10.6. The van der Waals surface area contributed by atoms with Crippen molar-refractivity contribution in [3.05, 3.63) is 135 Å². The highest BCUT2D eigenvalue weighted by molar-refractivity contribution is 9.10. The van der Waals surface area contributed by atoms with E-state index in [1.807, 2.05) is 12.1 Å². The lowest BCUT2D eigenvalue weighted by Gasteiger charge is -2.24. The number of hydrogen-bond acceptors (Lipinski definition) is 2. The first kappa shape index (κ1) is 23.9. The van der Waals surface area contributed by atoms with E-state index in [0.29, 0.717) is 0 Å². The smallest absolute Gasteiger partial charge is 0.136 e. The Morgan fingerprint density at radius 2 is 1.49 bits per heavy atom. The number of hydrogen-bond donors (Lipinski definition) is 0. The van der Waals surface area contributed by atoms with Gasteiger partial charge in [-0.2, -0.15) is 0 Å². The second-order valence-corrected chi connectivity index (χ2v) is 11.2. The molecule has 0 aromatic heterocycles. The van der Waals surface area contributed by atoms with Crippen LogP contribution in [0.15, 0.2) is 118 Å². The molecule has 35 heavy (non-hydrogen) atoms. The van der Waals surface area contributed by atoms with Crippen LogP contribution in [0.25, 0.3) is 11.3 Å². The molecule has 0 saturated heterocycles. The maximum absolute atomic E-state index is 6.42. The fraction of sp³-hybridized carbons (Fsp3) is 0.161. The Bertz CT molecular complexity index is 1360. The Balaban J connectivity index is 1.46.